The van der Waals surface area contributed by atoms with Crippen LogP contribution in [0.25, 0.3) is 0 Å². The number of allylic oxidation sites excluding steroid dienone is 2. The summed E-state index contributed by atoms with van der Waals surface area (Å²) in [5.41, 5.74) is 1.94. The molecule has 2 saturated carbocycles. The van der Waals surface area contributed by atoms with Crippen LogP contribution in [0.1, 0.15) is 116 Å². The van der Waals surface area contributed by atoms with Crippen LogP contribution in [-0.2, 0) is 0 Å². The second-order valence-electron chi connectivity index (χ2n) is 8.35. The Bertz CT molecular complexity index is 398. The Labute approximate surface area is 154 Å². The molecular weight excluding hydrogens is 310 g/mol. The quantitative estimate of drug-likeness (QED) is 0.234. The van der Waals surface area contributed by atoms with Crippen LogP contribution in [0.5, 0.6) is 0 Å². The van der Waals surface area contributed by atoms with Crippen LogP contribution in [-0.4, -0.2) is 4.92 Å². The molecule has 0 aromatic carbocycles. The van der Waals surface area contributed by atoms with Gasteiger partial charge in [-0.25, -0.2) is 0 Å². The maximum absolute atomic E-state index is 11.9. The minimum atomic E-state index is 0.00455. The van der Waals surface area contributed by atoms with Crippen molar-refractivity contribution in [2.24, 2.45) is 11.8 Å². The van der Waals surface area contributed by atoms with E-state index >= 15 is 0 Å². The second kappa shape index (κ2) is 11.7. The normalized spacial score (nSPS) is 19.7. The molecule has 25 heavy (non-hydrogen) atoms. The lowest BCUT2D eigenvalue weighted by molar-refractivity contribution is -0.430. The fraction of sp³-hybridized carbons (Fsp3) is 0.909. The van der Waals surface area contributed by atoms with Gasteiger partial charge in [-0.3, -0.25) is 10.1 Å². The predicted octanol–water partition coefficient (Wildman–Crippen LogP) is 7.43. The summed E-state index contributed by atoms with van der Waals surface area (Å²) < 4.78 is 0. The Hall–Kier alpha value is -0.860. The van der Waals surface area contributed by atoms with Crippen LogP contribution in [0.2, 0.25) is 0 Å². The summed E-state index contributed by atoms with van der Waals surface area (Å²) in [6.07, 6.45) is 20.4. The molecule has 0 aromatic rings. The van der Waals surface area contributed by atoms with E-state index < -0.39 is 0 Å². The van der Waals surface area contributed by atoms with Gasteiger partial charge in [0.15, 0.2) is 0 Å². The highest BCUT2D eigenvalue weighted by molar-refractivity contribution is 5.17. The van der Waals surface area contributed by atoms with E-state index in [-0.39, 0.29) is 4.92 Å². The molecule has 0 aliphatic heterocycles. The molecule has 0 saturated heterocycles. The average Bonchev–Trinajstić information content (AvgIpc) is 2.65. The minimum Gasteiger partial charge on any atom is -0.259 e. The highest BCUT2D eigenvalue weighted by Crippen LogP contribution is 2.42. The standard InChI is InChI=1S/C22H39NO2/c1-2-3-4-5-6-13-18-21(23(24)25)22(19-14-9-7-10-15-19)20-16-11-8-12-17-20/h19-20H,2-18H2,1H3. The Balaban J connectivity index is 2.07. The van der Waals surface area contributed by atoms with Gasteiger partial charge in [0.2, 0.25) is 5.70 Å². The largest absolute Gasteiger partial charge is 0.259 e. The first-order valence-electron chi connectivity index (χ1n) is 11.1. The molecule has 144 valence electrons. The van der Waals surface area contributed by atoms with E-state index in [4.69, 9.17) is 0 Å². The number of unbranched alkanes of at least 4 members (excludes halogenated alkanes) is 5. The van der Waals surface area contributed by atoms with Gasteiger partial charge >= 0.3 is 0 Å². The minimum absolute atomic E-state index is 0.00455. The first-order valence-corrected chi connectivity index (χ1v) is 11.1. The van der Waals surface area contributed by atoms with Crippen molar-refractivity contribution in [3.63, 3.8) is 0 Å². The van der Waals surface area contributed by atoms with E-state index in [9.17, 15) is 10.1 Å². The third kappa shape index (κ3) is 6.75. The Morgan fingerprint density at radius 3 is 1.76 bits per heavy atom. The number of nitrogens with zero attached hydrogens (tertiary/aromatic N) is 1. The van der Waals surface area contributed by atoms with Gasteiger partial charge in [-0.2, -0.15) is 0 Å². The summed E-state index contributed by atoms with van der Waals surface area (Å²) >= 11 is 0. The van der Waals surface area contributed by atoms with Crippen LogP contribution in [0.3, 0.4) is 0 Å². The molecule has 3 nitrogen and oxygen atoms in total. The van der Waals surface area contributed by atoms with Crippen LogP contribution < -0.4 is 0 Å². The molecule has 2 rings (SSSR count). The molecule has 2 aliphatic carbocycles. The number of nitro groups is 1. The molecule has 0 unspecified atom stereocenters. The molecule has 0 amide bonds. The van der Waals surface area contributed by atoms with E-state index in [0.717, 1.165) is 12.8 Å². The van der Waals surface area contributed by atoms with E-state index in [1.54, 1.807) is 0 Å². The SMILES string of the molecule is CCCCCCCCC(=C(C1CCCCC1)C1CCCCC1)[N+](=O)[O-]. The van der Waals surface area contributed by atoms with Gasteiger partial charge in [0.05, 0.1) is 4.92 Å². The number of hydrogen-bond donors (Lipinski definition) is 0. The first-order chi connectivity index (χ1) is 12.2. The number of hydrogen-bond acceptors (Lipinski definition) is 2. The Kier molecular flexibility index (Phi) is 9.57. The first kappa shape index (κ1) is 20.5. The zero-order valence-electron chi connectivity index (χ0n) is 16.4. The highest BCUT2D eigenvalue weighted by Gasteiger charge is 2.33. The van der Waals surface area contributed by atoms with Gasteiger partial charge < -0.3 is 0 Å². The molecule has 0 spiro atoms. The highest BCUT2D eigenvalue weighted by atomic mass is 16.6. The van der Waals surface area contributed by atoms with Crippen LogP contribution >= 0.6 is 0 Å². The monoisotopic (exact) mass is 349 g/mol. The van der Waals surface area contributed by atoms with E-state index in [2.05, 4.69) is 6.92 Å². The third-order valence-electron chi connectivity index (χ3n) is 6.41. The maximum atomic E-state index is 11.9. The van der Waals surface area contributed by atoms with Crippen LogP contribution in [0.15, 0.2) is 11.3 Å². The molecule has 0 N–H and O–H groups in total. The van der Waals surface area contributed by atoms with Crippen molar-refractivity contribution in [2.45, 2.75) is 116 Å². The lowest BCUT2D eigenvalue weighted by atomic mass is 9.72. The lowest BCUT2D eigenvalue weighted by Crippen LogP contribution is -2.22. The van der Waals surface area contributed by atoms with E-state index in [1.165, 1.54) is 95.5 Å². The maximum Gasteiger partial charge on any atom is 0.245 e. The van der Waals surface area contributed by atoms with Crippen molar-refractivity contribution in [3.05, 3.63) is 21.4 Å². The van der Waals surface area contributed by atoms with Gasteiger partial charge in [-0.1, -0.05) is 77.6 Å². The van der Waals surface area contributed by atoms with Crippen molar-refractivity contribution in [1.29, 1.82) is 0 Å². The lowest BCUT2D eigenvalue weighted by Gasteiger charge is -2.32. The van der Waals surface area contributed by atoms with Crippen molar-refractivity contribution in [2.75, 3.05) is 0 Å². The van der Waals surface area contributed by atoms with Crippen molar-refractivity contribution >= 4 is 0 Å². The van der Waals surface area contributed by atoms with Gasteiger partial charge in [-0.15, -0.1) is 0 Å². The predicted molar refractivity (Wildman–Crippen MR) is 105 cm³/mol. The third-order valence-corrected chi connectivity index (χ3v) is 6.41. The molecular formula is C22H39NO2. The molecule has 0 bridgehead atoms. The van der Waals surface area contributed by atoms with Gasteiger partial charge in [-0.05, 0) is 43.9 Å². The summed E-state index contributed by atoms with van der Waals surface area (Å²) in [7, 11) is 0. The molecule has 0 radical (unpaired) electrons. The fourth-order valence-electron chi connectivity index (χ4n) is 5.05. The van der Waals surface area contributed by atoms with E-state index in [0.29, 0.717) is 24.0 Å². The Morgan fingerprint density at radius 1 is 0.800 bits per heavy atom. The van der Waals surface area contributed by atoms with Gasteiger partial charge in [0.25, 0.3) is 0 Å². The van der Waals surface area contributed by atoms with Crippen molar-refractivity contribution < 1.29 is 4.92 Å². The smallest absolute Gasteiger partial charge is 0.245 e. The molecule has 3 heteroatoms. The summed E-state index contributed by atoms with van der Waals surface area (Å²) in [6, 6.07) is 0. The fourth-order valence-corrected chi connectivity index (χ4v) is 5.05. The molecule has 2 aliphatic rings. The zero-order valence-corrected chi connectivity index (χ0v) is 16.4. The average molecular weight is 350 g/mol. The van der Waals surface area contributed by atoms with Crippen molar-refractivity contribution in [3.8, 4) is 0 Å². The topological polar surface area (TPSA) is 43.1 Å². The van der Waals surface area contributed by atoms with Crippen LogP contribution in [0, 0.1) is 22.0 Å². The molecule has 2 fully saturated rings. The Morgan fingerprint density at radius 2 is 1.28 bits per heavy atom. The van der Waals surface area contributed by atoms with Crippen LogP contribution in [0.4, 0.5) is 0 Å². The van der Waals surface area contributed by atoms with E-state index in [1.807, 2.05) is 0 Å². The molecule has 0 heterocycles. The summed E-state index contributed by atoms with van der Waals surface area (Å²) in [6.45, 7) is 2.23. The zero-order chi connectivity index (χ0) is 17.9. The molecule has 0 atom stereocenters. The van der Waals surface area contributed by atoms with Gasteiger partial charge in [0, 0.05) is 12.0 Å². The molecule has 0 aromatic heterocycles. The van der Waals surface area contributed by atoms with Gasteiger partial charge in [0.1, 0.15) is 0 Å². The number of rotatable bonds is 10. The summed E-state index contributed by atoms with van der Waals surface area (Å²) in [4.78, 5) is 11.9. The second-order valence-corrected chi connectivity index (χ2v) is 8.35. The van der Waals surface area contributed by atoms with Crippen molar-refractivity contribution in [1.82, 2.24) is 0 Å². The summed E-state index contributed by atoms with van der Waals surface area (Å²) in [5.74, 6) is 1.02. The summed E-state index contributed by atoms with van der Waals surface area (Å²) in [5, 5.41) is 11.9.